The van der Waals surface area contributed by atoms with Crippen molar-refractivity contribution in [2.45, 2.75) is 19.4 Å². The van der Waals surface area contributed by atoms with Gasteiger partial charge in [0.2, 0.25) is 0 Å². The SMILES string of the molecule is CCC(N)c1ccccc1-c1noc2ccccc12. The first kappa shape index (κ1) is 11.9. The number of hydrogen-bond donors (Lipinski definition) is 1. The Morgan fingerprint density at radius 2 is 1.84 bits per heavy atom. The molecule has 2 aromatic carbocycles. The first-order chi connectivity index (χ1) is 9.31. The van der Waals surface area contributed by atoms with Crippen molar-refractivity contribution in [2.24, 2.45) is 5.73 Å². The van der Waals surface area contributed by atoms with Crippen molar-refractivity contribution in [2.75, 3.05) is 0 Å². The average molecular weight is 252 g/mol. The van der Waals surface area contributed by atoms with Gasteiger partial charge in [-0.25, -0.2) is 0 Å². The summed E-state index contributed by atoms with van der Waals surface area (Å²) in [5.74, 6) is 0. The van der Waals surface area contributed by atoms with E-state index in [0.29, 0.717) is 0 Å². The molecule has 3 heteroatoms. The monoisotopic (exact) mass is 252 g/mol. The number of nitrogens with zero attached hydrogens (tertiary/aromatic N) is 1. The van der Waals surface area contributed by atoms with Crippen molar-refractivity contribution in [1.82, 2.24) is 5.16 Å². The number of hydrogen-bond acceptors (Lipinski definition) is 3. The minimum Gasteiger partial charge on any atom is -0.356 e. The second-order valence-electron chi connectivity index (χ2n) is 4.63. The minimum atomic E-state index is 0.0201. The Kier molecular flexibility index (Phi) is 3.05. The zero-order valence-corrected chi connectivity index (χ0v) is 10.8. The average Bonchev–Trinajstić information content (AvgIpc) is 2.90. The summed E-state index contributed by atoms with van der Waals surface area (Å²) in [5, 5.41) is 5.24. The molecule has 0 spiro atoms. The van der Waals surface area contributed by atoms with Crippen LogP contribution >= 0.6 is 0 Å². The Bertz CT molecular complexity index is 703. The standard InChI is InChI=1S/C16H16N2O/c1-2-14(17)11-7-3-4-8-12(11)16-13-9-5-6-10-15(13)19-18-16/h3-10,14H,2,17H2,1H3. The van der Waals surface area contributed by atoms with Gasteiger partial charge in [-0.15, -0.1) is 0 Å². The molecule has 0 fully saturated rings. The van der Waals surface area contributed by atoms with Crippen LogP contribution in [0.3, 0.4) is 0 Å². The molecule has 0 aliphatic carbocycles. The number of benzene rings is 2. The maximum atomic E-state index is 6.19. The highest BCUT2D eigenvalue weighted by molar-refractivity contribution is 5.92. The van der Waals surface area contributed by atoms with Gasteiger partial charge < -0.3 is 10.3 Å². The van der Waals surface area contributed by atoms with Gasteiger partial charge in [0.1, 0.15) is 5.69 Å². The van der Waals surface area contributed by atoms with E-state index < -0.39 is 0 Å². The zero-order chi connectivity index (χ0) is 13.2. The summed E-state index contributed by atoms with van der Waals surface area (Å²) in [7, 11) is 0. The van der Waals surface area contributed by atoms with Crippen molar-refractivity contribution in [3.63, 3.8) is 0 Å². The zero-order valence-electron chi connectivity index (χ0n) is 10.8. The molecule has 0 aliphatic heterocycles. The topological polar surface area (TPSA) is 52.0 Å². The maximum absolute atomic E-state index is 6.19. The highest BCUT2D eigenvalue weighted by Crippen LogP contribution is 2.32. The van der Waals surface area contributed by atoms with Crippen molar-refractivity contribution in [3.05, 3.63) is 54.1 Å². The van der Waals surface area contributed by atoms with E-state index in [4.69, 9.17) is 10.3 Å². The van der Waals surface area contributed by atoms with Crippen LogP contribution in [0, 0.1) is 0 Å². The fraction of sp³-hybridized carbons (Fsp3) is 0.188. The molecule has 1 heterocycles. The van der Waals surface area contributed by atoms with Crippen molar-refractivity contribution in [1.29, 1.82) is 0 Å². The number of aromatic nitrogens is 1. The van der Waals surface area contributed by atoms with Gasteiger partial charge in [-0.1, -0.05) is 48.5 Å². The fourth-order valence-corrected chi connectivity index (χ4v) is 2.34. The second-order valence-corrected chi connectivity index (χ2v) is 4.63. The molecule has 1 atom stereocenters. The van der Waals surface area contributed by atoms with Crippen LogP contribution in [0.25, 0.3) is 22.2 Å². The van der Waals surface area contributed by atoms with E-state index in [-0.39, 0.29) is 6.04 Å². The largest absolute Gasteiger partial charge is 0.356 e. The molecule has 1 unspecified atom stereocenters. The molecule has 1 aromatic heterocycles. The quantitative estimate of drug-likeness (QED) is 0.769. The van der Waals surface area contributed by atoms with E-state index in [1.54, 1.807) is 0 Å². The van der Waals surface area contributed by atoms with Gasteiger partial charge in [0.15, 0.2) is 5.58 Å². The highest BCUT2D eigenvalue weighted by Gasteiger charge is 2.15. The molecule has 0 radical (unpaired) electrons. The Hall–Kier alpha value is -2.13. The van der Waals surface area contributed by atoms with E-state index in [1.165, 1.54) is 0 Å². The Balaban J connectivity index is 2.22. The fourth-order valence-electron chi connectivity index (χ4n) is 2.34. The van der Waals surface area contributed by atoms with E-state index in [1.807, 2.05) is 36.4 Å². The van der Waals surface area contributed by atoms with Crippen LogP contribution in [-0.4, -0.2) is 5.16 Å². The number of rotatable bonds is 3. The summed E-state index contributed by atoms with van der Waals surface area (Å²) in [6.45, 7) is 2.09. The van der Waals surface area contributed by atoms with Crippen LogP contribution in [0.1, 0.15) is 24.9 Å². The van der Waals surface area contributed by atoms with Gasteiger partial charge in [0, 0.05) is 17.0 Å². The molecular weight excluding hydrogens is 236 g/mol. The molecule has 3 aromatic rings. The van der Waals surface area contributed by atoms with Crippen molar-refractivity contribution in [3.8, 4) is 11.3 Å². The molecule has 0 aliphatic rings. The lowest BCUT2D eigenvalue weighted by Gasteiger charge is -2.13. The summed E-state index contributed by atoms with van der Waals surface area (Å²) in [6, 6.07) is 16.0. The first-order valence-electron chi connectivity index (χ1n) is 6.50. The molecular formula is C16H16N2O. The van der Waals surface area contributed by atoms with Gasteiger partial charge in [0.25, 0.3) is 0 Å². The van der Waals surface area contributed by atoms with Gasteiger partial charge in [0.05, 0.1) is 0 Å². The summed E-state index contributed by atoms with van der Waals surface area (Å²) < 4.78 is 5.38. The number of nitrogens with two attached hydrogens (primary N) is 1. The van der Waals surface area contributed by atoms with Crippen LogP contribution in [0.4, 0.5) is 0 Å². The lowest BCUT2D eigenvalue weighted by Crippen LogP contribution is -2.09. The molecule has 2 N–H and O–H groups in total. The predicted molar refractivity (Wildman–Crippen MR) is 76.7 cm³/mol. The van der Waals surface area contributed by atoms with E-state index in [9.17, 15) is 0 Å². The van der Waals surface area contributed by atoms with Crippen LogP contribution in [0.5, 0.6) is 0 Å². The molecule has 0 bridgehead atoms. The predicted octanol–water partition coefficient (Wildman–Crippen LogP) is 3.90. The number of para-hydroxylation sites is 1. The summed E-state index contributed by atoms with van der Waals surface area (Å²) in [5.41, 5.74) is 10.0. The summed E-state index contributed by atoms with van der Waals surface area (Å²) in [6.07, 6.45) is 0.896. The smallest absolute Gasteiger partial charge is 0.167 e. The summed E-state index contributed by atoms with van der Waals surface area (Å²) in [4.78, 5) is 0. The van der Waals surface area contributed by atoms with Crippen molar-refractivity contribution >= 4 is 11.0 Å². The molecule has 19 heavy (non-hydrogen) atoms. The van der Waals surface area contributed by atoms with Crippen LogP contribution in [0.15, 0.2) is 53.1 Å². The van der Waals surface area contributed by atoms with Gasteiger partial charge >= 0.3 is 0 Å². The van der Waals surface area contributed by atoms with Crippen LogP contribution in [-0.2, 0) is 0 Å². The second kappa shape index (κ2) is 4.86. The Morgan fingerprint density at radius 3 is 2.68 bits per heavy atom. The lowest BCUT2D eigenvalue weighted by molar-refractivity contribution is 0.459. The van der Waals surface area contributed by atoms with Gasteiger partial charge in [-0.2, -0.15) is 0 Å². The van der Waals surface area contributed by atoms with Crippen LogP contribution in [0.2, 0.25) is 0 Å². The number of fused-ring (bicyclic) bond motifs is 1. The third kappa shape index (κ3) is 2.02. The van der Waals surface area contributed by atoms with E-state index in [2.05, 4.69) is 24.2 Å². The van der Waals surface area contributed by atoms with Gasteiger partial charge in [-0.3, -0.25) is 0 Å². The van der Waals surface area contributed by atoms with E-state index in [0.717, 1.165) is 34.2 Å². The third-order valence-electron chi connectivity index (χ3n) is 3.43. The summed E-state index contributed by atoms with van der Waals surface area (Å²) >= 11 is 0. The molecule has 0 amide bonds. The Morgan fingerprint density at radius 1 is 1.11 bits per heavy atom. The van der Waals surface area contributed by atoms with E-state index >= 15 is 0 Å². The normalized spacial score (nSPS) is 12.7. The molecule has 3 rings (SSSR count). The van der Waals surface area contributed by atoms with Gasteiger partial charge in [-0.05, 0) is 24.1 Å². The Labute approximate surface area is 112 Å². The molecule has 0 saturated carbocycles. The van der Waals surface area contributed by atoms with Crippen molar-refractivity contribution < 1.29 is 4.52 Å². The molecule has 3 nitrogen and oxygen atoms in total. The maximum Gasteiger partial charge on any atom is 0.167 e. The lowest BCUT2D eigenvalue weighted by atomic mass is 9.96. The minimum absolute atomic E-state index is 0.0201. The highest BCUT2D eigenvalue weighted by atomic mass is 16.5. The van der Waals surface area contributed by atoms with Crippen LogP contribution < -0.4 is 5.73 Å². The third-order valence-corrected chi connectivity index (χ3v) is 3.43. The molecule has 96 valence electrons. The molecule has 0 saturated heterocycles. The first-order valence-corrected chi connectivity index (χ1v) is 6.50.